The van der Waals surface area contributed by atoms with Crippen LogP contribution in [0.3, 0.4) is 0 Å². The van der Waals surface area contributed by atoms with Crippen molar-refractivity contribution in [2.75, 3.05) is 32.5 Å². The number of aryl methyl sites for hydroxylation is 1. The molecule has 0 unspecified atom stereocenters. The van der Waals surface area contributed by atoms with Crippen LogP contribution in [0.2, 0.25) is 0 Å². The summed E-state index contributed by atoms with van der Waals surface area (Å²) in [5.74, 6) is 1.67. The van der Waals surface area contributed by atoms with Crippen LogP contribution >= 0.6 is 0 Å². The first-order valence-corrected chi connectivity index (χ1v) is 5.23. The molecule has 2 aromatic heterocycles. The molecule has 0 atom stereocenters. The summed E-state index contributed by atoms with van der Waals surface area (Å²) < 4.78 is 0. The fourth-order valence-corrected chi connectivity index (χ4v) is 1.48. The summed E-state index contributed by atoms with van der Waals surface area (Å²) in [6.45, 7) is 3.71. The lowest BCUT2D eigenvalue weighted by atomic mass is 10.4. The molecule has 86 valence electrons. The molecular formula is C10H16N6. The molecule has 2 N–H and O–H groups in total. The van der Waals surface area contributed by atoms with E-state index in [1.807, 2.05) is 21.0 Å². The van der Waals surface area contributed by atoms with Gasteiger partial charge in [-0.05, 0) is 21.0 Å². The maximum absolute atomic E-state index is 4.26. The first-order chi connectivity index (χ1) is 7.66. The summed E-state index contributed by atoms with van der Waals surface area (Å²) in [6.07, 6.45) is 1.53. The zero-order valence-corrected chi connectivity index (χ0v) is 9.78. The Morgan fingerprint density at radius 3 is 2.94 bits per heavy atom. The summed E-state index contributed by atoms with van der Waals surface area (Å²) >= 11 is 0. The smallest absolute Gasteiger partial charge is 0.183 e. The number of fused-ring (bicyclic) bond motifs is 1. The van der Waals surface area contributed by atoms with E-state index in [2.05, 4.69) is 30.2 Å². The highest BCUT2D eigenvalue weighted by molar-refractivity contribution is 5.82. The first-order valence-electron chi connectivity index (χ1n) is 5.23. The van der Waals surface area contributed by atoms with Gasteiger partial charge in [-0.25, -0.2) is 15.0 Å². The van der Waals surface area contributed by atoms with Gasteiger partial charge in [-0.3, -0.25) is 0 Å². The second-order valence-electron chi connectivity index (χ2n) is 3.97. The van der Waals surface area contributed by atoms with Crippen LogP contribution < -0.4 is 5.32 Å². The molecule has 2 aromatic rings. The second kappa shape index (κ2) is 4.44. The van der Waals surface area contributed by atoms with Crippen LogP contribution in [0.5, 0.6) is 0 Å². The van der Waals surface area contributed by atoms with Crippen molar-refractivity contribution in [3.05, 3.63) is 12.2 Å². The van der Waals surface area contributed by atoms with E-state index < -0.39 is 0 Å². The van der Waals surface area contributed by atoms with Gasteiger partial charge >= 0.3 is 0 Å². The Hall–Kier alpha value is -1.69. The average molecular weight is 220 g/mol. The van der Waals surface area contributed by atoms with Crippen LogP contribution in [-0.4, -0.2) is 52.0 Å². The quantitative estimate of drug-likeness (QED) is 0.791. The number of nitrogens with one attached hydrogen (secondary N) is 2. The summed E-state index contributed by atoms with van der Waals surface area (Å²) in [7, 11) is 4.08. The average Bonchev–Trinajstić information content (AvgIpc) is 2.58. The molecule has 6 nitrogen and oxygen atoms in total. The number of aromatic nitrogens is 4. The maximum Gasteiger partial charge on any atom is 0.183 e. The number of anilines is 1. The van der Waals surface area contributed by atoms with Gasteiger partial charge in [0.25, 0.3) is 0 Å². The summed E-state index contributed by atoms with van der Waals surface area (Å²) in [5.41, 5.74) is 1.58. The molecule has 2 rings (SSSR count). The van der Waals surface area contributed by atoms with Crippen LogP contribution in [0.15, 0.2) is 6.33 Å². The monoisotopic (exact) mass is 220 g/mol. The van der Waals surface area contributed by atoms with E-state index in [1.165, 1.54) is 6.33 Å². The van der Waals surface area contributed by atoms with Crippen LogP contribution in [0.4, 0.5) is 5.82 Å². The van der Waals surface area contributed by atoms with Crippen molar-refractivity contribution in [3.63, 3.8) is 0 Å². The molecule has 0 saturated heterocycles. The number of likely N-dealkylation sites (N-methyl/N-ethyl adjacent to an activating group) is 1. The molecule has 0 saturated carbocycles. The van der Waals surface area contributed by atoms with Crippen molar-refractivity contribution in [1.29, 1.82) is 0 Å². The van der Waals surface area contributed by atoms with Gasteiger partial charge in [-0.1, -0.05) is 0 Å². The van der Waals surface area contributed by atoms with Crippen LogP contribution in [0.25, 0.3) is 11.2 Å². The van der Waals surface area contributed by atoms with Gasteiger partial charge in [0.05, 0.1) is 0 Å². The maximum atomic E-state index is 4.26. The van der Waals surface area contributed by atoms with Crippen LogP contribution in [0, 0.1) is 6.92 Å². The van der Waals surface area contributed by atoms with Gasteiger partial charge in [-0.2, -0.15) is 0 Å². The minimum atomic E-state index is 0.708. The van der Waals surface area contributed by atoms with Crippen LogP contribution in [-0.2, 0) is 0 Å². The highest BCUT2D eigenvalue weighted by Crippen LogP contribution is 2.15. The number of H-pyrrole nitrogens is 1. The largest absolute Gasteiger partial charge is 0.367 e. The molecule has 6 heteroatoms. The van der Waals surface area contributed by atoms with Gasteiger partial charge < -0.3 is 15.2 Å². The Balaban J connectivity index is 2.17. The molecule has 0 aliphatic heterocycles. The van der Waals surface area contributed by atoms with Crippen molar-refractivity contribution in [2.45, 2.75) is 6.92 Å². The second-order valence-corrected chi connectivity index (χ2v) is 3.97. The lowest BCUT2D eigenvalue weighted by molar-refractivity contribution is 0.425. The third-order valence-corrected chi connectivity index (χ3v) is 2.26. The Morgan fingerprint density at radius 1 is 1.38 bits per heavy atom. The standard InChI is InChI=1S/C10H16N6/c1-7-14-8-9(11-4-5-16(2)3)12-6-13-10(8)15-7/h6H,4-5H2,1-3H3,(H2,11,12,13,14,15). The van der Waals surface area contributed by atoms with Gasteiger partial charge in [0.15, 0.2) is 11.5 Å². The molecule has 0 aromatic carbocycles. The molecule has 0 aliphatic rings. The van der Waals surface area contributed by atoms with Crippen molar-refractivity contribution < 1.29 is 0 Å². The van der Waals surface area contributed by atoms with Crippen molar-refractivity contribution in [1.82, 2.24) is 24.8 Å². The Kier molecular flexibility index (Phi) is 3.00. The Labute approximate surface area is 94.1 Å². The first kappa shape index (κ1) is 10.8. The fourth-order valence-electron chi connectivity index (χ4n) is 1.48. The lowest BCUT2D eigenvalue weighted by Gasteiger charge is -2.10. The minimum absolute atomic E-state index is 0.708. The molecular weight excluding hydrogens is 204 g/mol. The number of hydrogen-bond acceptors (Lipinski definition) is 5. The molecule has 0 radical (unpaired) electrons. The van der Waals surface area contributed by atoms with Gasteiger partial charge in [0.2, 0.25) is 0 Å². The molecule has 0 bridgehead atoms. The van der Waals surface area contributed by atoms with Gasteiger partial charge in [0, 0.05) is 13.1 Å². The highest BCUT2D eigenvalue weighted by atomic mass is 15.1. The van der Waals surface area contributed by atoms with Crippen molar-refractivity contribution >= 4 is 17.0 Å². The molecule has 16 heavy (non-hydrogen) atoms. The Morgan fingerprint density at radius 2 is 2.19 bits per heavy atom. The van der Waals surface area contributed by atoms with E-state index in [0.29, 0.717) is 5.65 Å². The molecule has 0 amide bonds. The number of rotatable bonds is 4. The number of hydrogen-bond donors (Lipinski definition) is 2. The zero-order chi connectivity index (χ0) is 11.5. The zero-order valence-electron chi connectivity index (χ0n) is 9.78. The highest BCUT2D eigenvalue weighted by Gasteiger charge is 2.06. The van der Waals surface area contributed by atoms with E-state index in [-0.39, 0.29) is 0 Å². The van der Waals surface area contributed by atoms with E-state index in [4.69, 9.17) is 0 Å². The van der Waals surface area contributed by atoms with Crippen molar-refractivity contribution in [2.24, 2.45) is 0 Å². The fraction of sp³-hybridized carbons (Fsp3) is 0.500. The van der Waals surface area contributed by atoms with Gasteiger partial charge in [0.1, 0.15) is 17.7 Å². The summed E-state index contributed by atoms with van der Waals surface area (Å²) in [5, 5.41) is 3.27. The van der Waals surface area contributed by atoms with Crippen LogP contribution in [0.1, 0.15) is 5.82 Å². The molecule has 0 aliphatic carbocycles. The van der Waals surface area contributed by atoms with Crippen molar-refractivity contribution in [3.8, 4) is 0 Å². The van der Waals surface area contributed by atoms with E-state index >= 15 is 0 Å². The lowest BCUT2D eigenvalue weighted by Crippen LogP contribution is -2.21. The molecule has 0 fully saturated rings. The van der Waals surface area contributed by atoms with Gasteiger partial charge in [-0.15, -0.1) is 0 Å². The number of aromatic amines is 1. The van der Waals surface area contributed by atoms with E-state index in [1.54, 1.807) is 0 Å². The predicted octanol–water partition coefficient (Wildman–Crippen LogP) is 0.635. The SMILES string of the molecule is Cc1nc2ncnc(NCCN(C)C)c2[nH]1. The third-order valence-electron chi connectivity index (χ3n) is 2.26. The number of nitrogens with zero attached hydrogens (tertiary/aromatic N) is 4. The predicted molar refractivity (Wildman–Crippen MR) is 63.5 cm³/mol. The molecule has 2 heterocycles. The Bertz CT molecular complexity index is 475. The topological polar surface area (TPSA) is 69.7 Å². The normalized spacial score (nSPS) is 11.2. The summed E-state index contributed by atoms with van der Waals surface area (Å²) in [4.78, 5) is 17.8. The summed E-state index contributed by atoms with van der Waals surface area (Å²) in [6, 6.07) is 0. The van der Waals surface area contributed by atoms with E-state index in [0.717, 1.165) is 30.2 Å². The van der Waals surface area contributed by atoms with E-state index in [9.17, 15) is 0 Å². The number of imidazole rings is 1. The third kappa shape index (κ3) is 2.27. The minimum Gasteiger partial charge on any atom is -0.367 e. The molecule has 0 spiro atoms.